The fourth-order valence-electron chi connectivity index (χ4n) is 7.46. The molecule has 0 N–H and O–H groups in total. The zero-order chi connectivity index (χ0) is 35.1. The summed E-state index contributed by atoms with van der Waals surface area (Å²) in [6.07, 6.45) is 0. The Balaban J connectivity index is 1.09. The molecular formula is C49H32N4. The van der Waals surface area contributed by atoms with Crippen molar-refractivity contribution in [3.05, 3.63) is 194 Å². The molecule has 0 spiro atoms. The van der Waals surface area contributed by atoms with Gasteiger partial charge in [0.05, 0.1) is 11.0 Å². The molecule has 10 aromatic rings. The first-order chi connectivity index (χ1) is 26.3. The maximum atomic E-state index is 5.01. The topological polar surface area (TPSA) is 43.6 Å². The van der Waals surface area contributed by atoms with Crippen molar-refractivity contribution in [3.63, 3.8) is 0 Å². The number of hydrogen-bond acceptors (Lipinski definition) is 3. The van der Waals surface area contributed by atoms with Crippen molar-refractivity contribution in [3.8, 4) is 62.1 Å². The van der Waals surface area contributed by atoms with Crippen LogP contribution in [0.5, 0.6) is 0 Å². The highest BCUT2D eigenvalue weighted by molar-refractivity contribution is 6.21. The molecule has 8 aromatic carbocycles. The summed E-state index contributed by atoms with van der Waals surface area (Å²) < 4.78 is 2.36. The average molecular weight is 677 g/mol. The summed E-state index contributed by atoms with van der Waals surface area (Å²) in [6, 6.07) is 68.2. The summed E-state index contributed by atoms with van der Waals surface area (Å²) in [5, 5.41) is 4.91. The van der Waals surface area contributed by atoms with Crippen LogP contribution < -0.4 is 0 Å². The van der Waals surface area contributed by atoms with Gasteiger partial charge in [-0.2, -0.15) is 0 Å². The first kappa shape index (κ1) is 30.6. The van der Waals surface area contributed by atoms with Crippen molar-refractivity contribution >= 4 is 32.6 Å². The Morgan fingerprint density at radius 1 is 0.302 bits per heavy atom. The van der Waals surface area contributed by atoms with E-state index in [1.165, 1.54) is 43.8 Å². The lowest BCUT2D eigenvalue weighted by Crippen LogP contribution is -2.01. The molecule has 4 heteroatoms. The number of para-hydroxylation sites is 1. The van der Waals surface area contributed by atoms with Crippen molar-refractivity contribution in [2.24, 2.45) is 0 Å². The number of fused-ring (bicyclic) bond motifs is 5. The van der Waals surface area contributed by atoms with Gasteiger partial charge in [-0.25, -0.2) is 15.0 Å². The van der Waals surface area contributed by atoms with E-state index in [-0.39, 0.29) is 0 Å². The highest BCUT2D eigenvalue weighted by Crippen LogP contribution is 2.39. The SMILES string of the molecule is c1ccc(-c2ccc(-c3ccc4c(ccc5c4c4ccccc4n5-c4cccc(-c5nc(-c6ccccc6)nc(-c6ccccc6)n5)c4)c3)cc2)cc1. The number of nitrogens with zero attached hydrogens (tertiary/aromatic N) is 4. The van der Waals surface area contributed by atoms with Crippen LogP contribution in [0.25, 0.3) is 94.7 Å². The molecule has 0 aliphatic carbocycles. The van der Waals surface area contributed by atoms with Crippen molar-refractivity contribution in [2.45, 2.75) is 0 Å². The van der Waals surface area contributed by atoms with Gasteiger partial charge in [0, 0.05) is 33.2 Å². The molecule has 0 saturated carbocycles. The van der Waals surface area contributed by atoms with Gasteiger partial charge in [0.2, 0.25) is 0 Å². The fourth-order valence-corrected chi connectivity index (χ4v) is 7.46. The molecule has 0 amide bonds. The van der Waals surface area contributed by atoms with Gasteiger partial charge < -0.3 is 4.57 Å². The summed E-state index contributed by atoms with van der Waals surface area (Å²) in [7, 11) is 0. The van der Waals surface area contributed by atoms with E-state index < -0.39 is 0 Å². The van der Waals surface area contributed by atoms with Gasteiger partial charge in [0.25, 0.3) is 0 Å². The summed E-state index contributed by atoms with van der Waals surface area (Å²) in [4.78, 5) is 14.9. The third-order valence-electron chi connectivity index (χ3n) is 10.0. The quantitative estimate of drug-likeness (QED) is 0.176. The van der Waals surface area contributed by atoms with Crippen molar-refractivity contribution in [1.29, 1.82) is 0 Å². The molecule has 2 heterocycles. The van der Waals surface area contributed by atoms with E-state index in [0.717, 1.165) is 33.4 Å². The fraction of sp³-hybridized carbons (Fsp3) is 0. The Kier molecular flexibility index (Phi) is 7.43. The predicted molar refractivity (Wildman–Crippen MR) is 219 cm³/mol. The van der Waals surface area contributed by atoms with E-state index >= 15 is 0 Å². The minimum Gasteiger partial charge on any atom is -0.309 e. The second-order valence-corrected chi connectivity index (χ2v) is 13.3. The Hall–Kier alpha value is -7.17. The Bertz CT molecular complexity index is 2860. The lowest BCUT2D eigenvalue weighted by atomic mass is 9.97. The zero-order valence-corrected chi connectivity index (χ0v) is 28.8. The van der Waals surface area contributed by atoms with Crippen molar-refractivity contribution in [2.75, 3.05) is 0 Å². The van der Waals surface area contributed by atoms with Gasteiger partial charge in [-0.3, -0.25) is 0 Å². The van der Waals surface area contributed by atoms with Crippen LogP contribution in [0.1, 0.15) is 0 Å². The molecule has 10 rings (SSSR count). The number of rotatable bonds is 6. The first-order valence-electron chi connectivity index (χ1n) is 17.9. The smallest absolute Gasteiger partial charge is 0.164 e. The Morgan fingerprint density at radius 2 is 0.811 bits per heavy atom. The highest BCUT2D eigenvalue weighted by atomic mass is 15.0. The van der Waals surface area contributed by atoms with Crippen LogP contribution in [0.15, 0.2) is 194 Å². The number of hydrogen-bond donors (Lipinski definition) is 0. The average Bonchev–Trinajstić information content (AvgIpc) is 3.59. The van der Waals surface area contributed by atoms with E-state index in [2.05, 4.69) is 138 Å². The van der Waals surface area contributed by atoms with E-state index in [9.17, 15) is 0 Å². The monoisotopic (exact) mass is 676 g/mol. The highest BCUT2D eigenvalue weighted by Gasteiger charge is 2.17. The third kappa shape index (κ3) is 5.54. The van der Waals surface area contributed by atoms with Crippen molar-refractivity contribution in [1.82, 2.24) is 19.5 Å². The van der Waals surface area contributed by atoms with Crippen LogP contribution >= 0.6 is 0 Å². The Labute approximate surface area is 307 Å². The molecule has 0 fully saturated rings. The normalized spacial score (nSPS) is 11.4. The molecule has 0 saturated heterocycles. The molecule has 0 atom stereocenters. The second-order valence-electron chi connectivity index (χ2n) is 13.3. The second kappa shape index (κ2) is 12.9. The molecule has 53 heavy (non-hydrogen) atoms. The van der Waals surface area contributed by atoms with E-state index in [1.54, 1.807) is 0 Å². The van der Waals surface area contributed by atoms with E-state index in [0.29, 0.717) is 17.5 Å². The number of benzene rings is 8. The maximum Gasteiger partial charge on any atom is 0.164 e. The van der Waals surface area contributed by atoms with Crippen LogP contribution in [0, 0.1) is 0 Å². The minimum atomic E-state index is 0.634. The summed E-state index contributed by atoms with van der Waals surface area (Å²) in [5.74, 6) is 1.93. The van der Waals surface area contributed by atoms with E-state index in [1.807, 2.05) is 60.7 Å². The molecule has 248 valence electrons. The van der Waals surface area contributed by atoms with Crippen LogP contribution in [-0.4, -0.2) is 19.5 Å². The standard InChI is InChI=1S/C49H32N4/c1-4-13-33(14-5-1)34-23-25-35(26-24-34)38-27-29-42-39(31-38)28-30-45-46(42)43-21-10-11-22-44(43)53(45)41-20-12-19-40(32-41)49-51-47(36-15-6-2-7-16-36)50-48(52-49)37-17-8-3-9-18-37/h1-32H. The molecule has 0 unspecified atom stereocenters. The van der Waals surface area contributed by atoms with Crippen LogP contribution in [0.3, 0.4) is 0 Å². The molecule has 0 radical (unpaired) electrons. The molecule has 0 aliphatic rings. The first-order valence-corrected chi connectivity index (χ1v) is 17.9. The van der Waals surface area contributed by atoms with E-state index in [4.69, 9.17) is 15.0 Å². The van der Waals surface area contributed by atoms with Crippen LogP contribution in [-0.2, 0) is 0 Å². The molecule has 2 aromatic heterocycles. The molecule has 0 aliphatic heterocycles. The van der Waals surface area contributed by atoms with Crippen LogP contribution in [0.4, 0.5) is 0 Å². The largest absolute Gasteiger partial charge is 0.309 e. The lowest BCUT2D eigenvalue weighted by molar-refractivity contribution is 1.07. The van der Waals surface area contributed by atoms with Gasteiger partial charge in [-0.05, 0) is 63.4 Å². The minimum absolute atomic E-state index is 0.634. The Morgan fingerprint density at radius 3 is 1.47 bits per heavy atom. The summed E-state index contributed by atoms with van der Waals surface area (Å²) in [5.41, 5.74) is 11.0. The van der Waals surface area contributed by atoms with Gasteiger partial charge in [0.1, 0.15) is 0 Å². The van der Waals surface area contributed by atoms with Gasteiger partial charge >= 0.3 is 0 Å². The molecule has 0 bridgehead atoms. The number of aromatic nitrogens is 4. The van der Waals surface area contributed by atoms with Gasteiger partial charge in [-0.1, -0.05) is 164 Å². The summed E-state index contributed by atoms with van der Waals surface area (Å²) >= 11 is 0. The zero-order valence-electron chi connectivity index (χ0n) is 28.8. The lowest BCUT2D eigenvalue weighted by Gasteiger charge is -2.12. The summed E-state index contributed by atoms with van der Waals surface area (Å²) in [6.45, 7) is 0. The maximum absolute atomic E-state index is 5.01. The third-order valence-corrected chi connectivity index (χ3v) is 10.0. The van der Waals surface area contributed by atoms with Gasteiger partial charge in [-0.15, -0.1) is 0 Å². The van der Waals surface area contributed by atoms with Crippen LogP contribution in [0.2, 0.25) is 0 Å². The predicted octanol–water partition coefficient (Wildman–Crippen LogP) is 12.5. The molecule has 4 nitrogen and oxygen atoms in total. The van der Waals surface area contributed by atoms with Gasteiger partial charge in [0.15, 0.2) is 17.5 Å². The van der Waals surface area contributed by atoms with Crippen molar-refractivity contribution < 1.29 is 0 Å². The molecular weight excluding hydrogens is 645 g/mol.